The van der Waals surface area contributed by atoms with Gasteiger partial charge in [0.05, 0.1) is 15.7 Å². The van der Waals surface area contributed by atoms with Gasteiger partial charge in [0.1, 0.15) is 5.56 Å². The van der Waals surface area contributed by atoms with E-state index in [1.54, 1.807) is 0 Å². The summed E-state index contributed by atoms with van der Waals surface area (Å²) < 4.78 is 66.5. The largest absolute Gasteiger partial charge is 0.416 e. The lowest BCUT2D eigenvalue weighted by molar-refractivity contribution is -0.137. The van der Waals surface area contributed by atoms with Crippen molar-refractivity contribution in [2.24, 2.45) is 0 Å². The van der Waals surface area contributed by atoms with Gasteiger partial charge in [-0.15, -0.1) is 6.58 Å². The summed E-state index contributed by atoms with van der Waals surface area (Å²) in [6, 6.07) is 12.6. The number of pyridine rings is 1. The van der Waals surface area contributed by atoms with Crippen molar-refractivity contribution in [2.75, 3.05) is 14.1 Å². The second kappa shape index (κ2) is 11.9. The highest BCUT2D eigenvalue weighted by molar-refractivity contribution is 7.92. The molecule has 2 amide bonds. The zero-order valence-electron chi connectivity index (χ0n) is 22.0. The highest BCUT2D eigenvalue weighted by Crippen LogP contribution is 2.30. The van der Waals surface area contributed by atoms with Crippen LogP contribution >= 0.6 is 0 Å². The van der Waals surface area contributed by atoms with E-state index in [-0.39, 0.29) is 35.0 Å². The van der Waals surface area contributed by atoms with Crippen molar-refractivity contribution in [3.05, 3.63) is 106 Å². The molecular formula is C28H28F3N3O5S. The number of rotatable bonds is 9. The Hall–Kier alpha value is -4.19. The molecule has 212 valence electrons. The van der Waals surface area contributed by atoms with Crippen LogP contribution in [0.1, 0.15) is 33.6 Å². The van der Waals surface area contributed by atoms with E-state index in [1.165, 1.54) is 80.5 Å². The first-order valence-electron chi connectivity index (χ1n) is 12.0. The van der Waals surface area contributed by atoms with E-state index in [4.69, 9.17) is 0 Å². The molecule has 0 saturated heterocycles. The maximum atomic E-state index is 13.2. The van der Waals surface area contributed by atoms with E-state index in [0.29, 0.717) is 11.3 Å². The SMILES string of the molecule is C=CC(CC(=O)N(C)C)S(=O)(=O)c1ccc(CNC(=O)c2ccc(C)n(-c3cccc(C(F)(F)F)c3)c2=O)cc1. The van der Waals surface area contributed by atoms with Crippen LogP contribution in [-0.2, 0) is 27.4 Å². The van der Waals surface area contributed by atoms with Crippen molar-refractivity contribution in [3.8, 4) is 5.69 Å². The first-order valence-corrected chi connectivity index (χ1v) is 13.6. The highest BCUT2D eigenvalue weighted by atomic mass is 32.2. The van der Waals surface area contributed by atoms with Crippen LogP contribution in [-0.4, -0.2) is 49.0 Å². The summed E-state index contributed by atoms with van der Waals surface area (Å²) in [5, 5.41) is 1.46. The zero-order valence-corrected chi connectivity index (χ0v) is 22.8. The molecule has 1 heterocycles. The molecule has 0 radical (unpaired) electrons. The zero-order chi connectivity index (χ0) is 29.8. The number of nitrogens with one attached hydrogen (secondary N) is 1. The molecule has 0 bridgehead atoms. The number of carbonyl (C=O) groups excluding carboxylic acids is 2. The monoisotopic (exact) mass is 575 g/mol. The van der Waals surface area contributed by atoms with E-state index in [2.05, 4.69) is 11.9 Å². The van der Waals surface area contributed by atoms with Gasteiger partial charge in [0.2, 0.25) is 5.91 Å². The first kappa shape index (κ1) is 30.4. The Labute approximate surface area is 229 Å². The van der Waals surface area contributed by atoms with Gasteiger partial charge in [0, 0.05) is 38.4 Å². The number of amides is 2. The van der Waals surface area contributed by atoms with E-state index in [9.17, 15) is 36.0 Å². The van der Waals surface area contributed by atoms with E-state index in [1.807, 2.05) is 0 Å². The third-order valence-electron chi connectivity index (χ3n) is 6.19. The van der Waals surface area contributed by atoms with Crippen LogP contribution in [0.3, 0.4) is 0 Å². The number of benzene rings is 2. The van der Waals surface area contributed by atoms with Crippen molar-refractivity contribution < 1.29 is 31.2 Å². The smallest absolute Gasteiger partial charge is 0.349 e. The number of halogens is 3. The number of nitrogens with zero attached hydrogens (tertiary/aromatic N) is 2. The summed E-state index contributed by atoms with van der Waals surface area (Å²) in [7, 11) is -0.845. The molecule has 0 aliphatic carbocycles. The van der Waals surface area contributed by atoms with Crippen LogP contribution < -0.4 is 10.9 Å². The summed E-state index contributed by atoms with van der Waals surface area (Å²) in [6.45, 7) is 5.02. The quantitative estimate of drug-likeness (QED) is 0.390. The maximum Gasteiger partial charge on any atom is 0.416 e. The predicted molar refractivity (Wildman–Crippen MR) is 144 cm³/mol. The Bertz CT molecular complexity index is 1590. The van der Waals surface area contributed by atoms with Gasteiger partial charge < -0.3 is 10.2 Å². The molecule has 0 spiro atoms. The fraction of sp³-hybridized carbons (Fsp3) is 0.250. The number of hydrogen-bond donors (Lipinski definition) is 1. The lowest BCUT2D eigenvalue weighted by Gasteiger charge is -2.17. The van der Waals surface area contributed by atoms with Gasteiger partial charge in [-0.1, -0.05) is 24.3 Å². The van der Waals surface area contributed by atoms with E-state index >= 15 is 0 Å². The Balaban J connectivity index is 1.78. The van der Waals surface area contributed by atoms with Gasteiger partial charge in [-0.2, -0.15) is 13.2 Å². The van der Waals surface area contributed by atoms with Crippen LogP contribution in [0.2, 0.25) is 0 Å². The molecule has 40 heavy (non-hydrogen) atoms. The van der Waals surface area contributed by atoms with E-state index in [0.717, 1.165) is 16.7 Å². The molecule has 2 aromatic carbocycles. The third kappa shape index (κ3) is 6.68. The topological polar surface area (TPSA) is 106 Å². The fourth-order valence-corrected chi connectivity index (χ4v) is 5.35. The summed E-state index contributed by atoms with van der Waals surface area (Å²) in [4.78, 5) is 39.2. The molecule has 1 unspecified atom stereocenters. The van der Waals surface area contributed by atoms with Crippen LogP contribution in [0, 0.1) is 6.92 Å². The molecule has 12 heteroatoms. The molecule has 1 aromatic heterocycles. The highest BCUT2D eigenvalue weighted by Gasteiger charge is 2.31. The minimum atomic E-state index is -4.60. The van der Waals surface area contributed by atoms with Crippen molar-refractivity contribution in [2.45, 2.75) is 36.2 Å². The molecule has 3 rings (SSSR count). The van der Waals surface area contributed by atoms with Crippen molar-refractivity contribution in [1.29, 1.82) is 0 Å². The lowest BCUT2D eigenvalue weighted by atomic mass is 10.1. The molecule has 1 N–H and O–H groups in total. The number of aryl methyl sites for hydroxylation is 1. The first-order chi connectivity index (χ1) is 18.7. The molecule has 0 aliphatic heterocycles. The minimum Gasteiger partial charge on any atom is -0.349 e. The van der Waals surface area contributed by atoms with Crippen LogP contribution in [0.5, 0.6) is 0 Å². The molecule has 3 aromatic rings. The lowest BCUT2D eigenvalue weighted by Crippen LogP contribution is -2.33. The van der Waals surface area contributed by atoms with Gasteiger partial charge in [-0.05, 0) is 55.0 Å². The predicted octanol–water partition coefficient (Wildman–Crippen LogP) is 3.90. The van der Waals surface area contributed by atoms with Gasteiger partial charge in [-0.25, -0.2) is 8.42 Å². The summed E-state index contributed by atoms with van der Waals surface area (Å²) in [5.41, 5.74) is -1.17. The maximum absolute atomic E-state index is 13.2. The Morgan fingerprint density at radius 3 is 2.30 bits per heavy atom. The van der Waals surface area contributed by atoms with Gasteiger partial charge in [0.25, 0.3) is 11.5 Å². The van der Waals surface area contributed by atoms with Gasteiger partial charge in [0.15, 0.2) is 9.84 Å². The van der Waals surface area contributed by atoms with Crippen molar-refractivity contribution in [1.82, 2.24) is 14.8 Å². The van der Waals surface area contributed by atoms with Crippen molar-refractivity contribution >= 4 is 21.7 Å². The van der Waals surface area contributed by atoms with Crippen molar-refractivity contribution in [3.63, 3.8) is 0 Å². The third-order valence-corrected chi connectivity index (χ3v) is 8.28. The number of aromatic nitrogens is 1. The molecule has 0 fully saturated rings. The van der Waals surface area contributed by atoms with Gasteiger partial charge >= 0.3 is 6.18 Å². The normalized spacial score (nSPS) is 12.4. The number of hydrogen-bond acceptors (Lipinski definition) is 5. The molecular weight excluding hydrogens is 547 g/mol. The molecule has 1 atom stereocenters. The Kier molecular flexibility index (Phi) is 9.03. The van der Waals surface area contributed by atoms with Gasteiger partial charge in [-0.3, -0.25) is 19.0 Å². The average Bonchev–Trinajstić information content (AvgIpc) is 2.90. The number of carbonyl (C=O) groups is 2. The second-order valence-corrected chi connectivity index (χ2v) is 11.4. The Morgan fingerprint density at radius 2 is 1.73 bits per heavy atom. The van der Waals surface area contributed by atoms with Crippen LogP contribution in [0.15, 0.2) is 83.0 Å². The molecule has 0 saturated carbocycles. The number of sulfone groups is 1. The second-order valence-electron chi connectivity index (χ2n) is 9.22. The summed E-state index contributed by atoms with van der Waals surface area (Å²) in [6.07, 6.45) is -3.66. The molecule has 8 nitrogen and oxygen atoms in total. The standard InChI is InChI=1S/C28H28F3N3O5S/c1-5-22(16-25(35)33(3)4)40(38,39)23-12-10-19(11-13-23)17-32-26(36)24-14-9-18(2)34(27(24)37)21-8-6-7-20(15-21)28(29,30)31/h5-15,22H,1,16-17H2,2-4H3,(H,32,36). The van der Waals surface area contributed by atoms with Crippen LogP contribution in [0.4, 0.5) is 13.2 Å². The number of alkyl halides is 3. The summed E-state index contributed by atoms with van der Waals surface area (Å²) in [5.74, 6) is -1.12. The van der Waals surface area contributed by atoms with E-state index < -0.39 is 38.3 Å². The fourth-order valence-electron chi connectivity index (χ4n) is 3.87. The summed E-state index contributed by atoms with van der Waals surface area (Å²) >= 11 is 0. The molecule has 0 aliphatic rings. The average molecular weight is 576 g/mol. The Morgan fingerprint density at radius 1 is 1.07 bits per heavy atom. The minimum absolute atomic E-state index is 0.0264. The van der Waals surface area contributed by atoms with Crippen LogP contribution in [0.25, 0.3) is 5.69 Å².